The van der Waals surface area contributed by atoms with Crippen molar-refractivity contribution >= 4 is 17.5 Å². The summed E-state index contributed by atoms with van der Waals surface area (Å²) < 4.78 is 0. The van der Waals surface area contributed by atoms with Crippen LogP contribution in [0.15, 0.2) is 29.1 Å². The average Bonchev–Trinajstić information content (AvgIpc) is 2.40. The largest absolute Gasteiger partial charge is 0.354 e. The highest BCUT2D eigenvalue weighted by molar-refractivity contribution is 6.30. The van der Waals surface area contributed by atoms with E-state index in [1.807, 2.05) is 45.0 Å². The van der Waals surface area contributed by atoms with Crippen molar-refractivity contribution in [3.05, 3.63) is 50.9 Å². The first-order chi connectivity index (χ1) is 9.86. The van der Waals surface area contributed by atoms with Gasteiger partial charge in [-0.3, -0.25) is 9.78 Å². The minimum Gasteiger partial charge on any atom is -0.354 e. The SMILES string of the molecule is CC(C)(C)c1nnc(NCCc2ccc(Cl)cc2)[nH]c1=O. The standard InChI is InChI=1S/C15H19ClN4O/c1-15(2,3)12-13(21)18-14(20-19-12)17-9-8-10-4-6-11(16)7-5-10/h4-7H,8-9H2,1-3H3,(H2,17,18,20,21). The van der Waals surface area contributed by atoms with Crippen molar-refractivity contribution in [3.8, 4) is 0 Å². The van der Waals surface area contributed by atoms with E-state index in [4.69, 9.17) is 11.6 Å². The molecule has 0 amide bonds. The number of nitrogens with one attached hydrogen (secondary N) is 2. The average molecular weight is 307 g/mol. The molecule has 0 atom stereocenters. The molecule has 0 bridgehead atoms. The molecule has 0 aliphatic rings. The van der Waals surface area contributed by atoms with Gasteiger partial charge in [-0.05, 0) is 24.1 Å². The highest BCUT2D eigenvalue weighted by atomic mass is 35.5. The van der Waals surface area contributed by atoms with E-state index < -0.39 is 0 Å². The van der Waals surface area contributed by atoms with Gasteiger partial charge in [0.15, 0.2) is 0 Å². The molecule has 0 fully saturated rings. The molecule has 21 heavy (non-hydrogen) atoms. The van der Waals surface area contributed by atoms with Crippen LogP contribution in [0.2, 0.25) is 5.02 Å². The van der Waals surface area contributed by atoms with Crippen LogP contribution in [0.5, 0.6) is 0 Å². The van der Waals surface area contributed by atoms with Crippen LogP contribution in [0.1, 0.15) is 32.0 Å². The Morgan fingerprint density at radius 3 is 2.43 bits per heavy atom. The summed E-state index contributed by atoms with van der Waals surface area (Å²) in [5, 5.41) is 11.8. The zero-order chi connectivity index (χ0) is 15.5. The van der Waals surface area contributed by atoms with Crippen LogP contribution in [-0.4, -0.2) is 21.7 Å². The van der Waals surface area contributed by atoms with Crippen molar-refractivity contribution in [1.82, 2.24) is 15.2 Å². The summed E-state index contributed by atoms with van der Waals surface area (Å²) in [6.07, 6.45) is 0.807. The second-order valence-electron chi connectivity index (χ2n) is 5.90. The van der Waals surface area contributed by atoms with Crippen molar-refractivity contribution in [2.75, 3.05) is 11.9 Å². The van der Waals surface area contributed by atoms with Crippen molar-refractivity contribution in [2.24, 2.45) is 0 Å². The minimum atomic E-state index is -0.317. The zero-order valence-electron chi connectivity index (χ0n) is 12.4. The maximum atomic E-state index is 11.9. The fourth-order valence-corrected chi connectivity index (χ4v) is 2.01. The molecular weight excluding hydrogens is 288 g/mol. The van der Waals surface area contributed by atoms with Crippen LogP contribution in [-0.2, 0) is 11.8 Å². The third kappa shape index (κ3) is 4.29. The highest BCUT2D eigenvalue weighted by Crippen LogP contribution is 2.15. The van der Waals surface area contributed by atoms with Gasteiger partial charge in [0.2, 0.25) is 5.95 Å². The van der Waals surface area contributed by atoms with E-state index in [1.165, 1.54) is 0 Å². The first kappa shape index (κ1) is 15.5. The second-order valence-corrected chi connectivity index (χ2v) is 6.34. The van der Waals surface area contributed by atoms with Gasteiger partial charge in [0.05, 0.1) is 0 Å². The Bertz CT molecular complexity index is 659. The summed E-state index contributed by atoms with van der Waals surface area (Å²) in [4.78, 5) is 14.7. The van der Waals surface area contributed by atoms with Crippen molar-refractivity contribution in [2.45, 2.75) is 32.6 Å². The molecule has 0 saturated carbocycles. The van der Waals surface area contributed by atoms with E-state index in [-0.39, 0.29) is 11.0 Å². The Hall–Kier alpha value is -1.88. The van der Waals surface area contributed by atoms with Crippen LogP contribution in [0.25, 0.3) is 0 Å². The van der Waals surface area contributed by atoms with Gasteiger partial charge in [0, 0.05) is 17.0 Å². The number of aromatic amines is 1. The first-order valence-electron chi connectivity index (χ1n) is 6.82. The number of H-pyrrole nitrogens is 1. The quantitative estimate of drug-likeness (QED) is 0.911. The Kier molecular flexibility index (Phi) is 4.63. The maximum Gasteiger partial charge on any atom is 0.274 e. The van der Waals surface area contributed by atoms with E-state index in [0.717, 1.165) is 17.0 Å². The Balaban J connectivity index is 1.96. The molecule has 0 aliphatic carbocycles. The van der Waals surface area contributed by atoms with E-state index in [0.29, 0.717) is 18.2 Å². The number of halogens is 1. The van der Waals surface area contributed by atoms with Crippen molar-refractivity contribution < 1.29 is 0 Å². The molecule has 1 aromatic carbocycles. The topological polar surface area (TPSA) is 70.7 Å². The highest BCUT2D eigenvalue weighted by Gasteiger charge is 2.20. The van der Waals surface area contributed by atoms with Gasteiger partial charge in [0.1, 0.15) is 5.69 Å². The monoisotopic (exact) mass is 306 g/mol. The van der Waals surface area contributed by atoms with Crippen molar-refractivity contribution in [3.63, 3.8) is 0 Å². The molecule has 5 nitrogen and oxygen atoms in total. The van der Waals surface area contributed by atoms with E-state index in [2.05, 4.69) is 20.5 Å². The van der Waals surface area contributed by atoms with Gasteiger partial charge in [-0.15, -0.1) is 10.2 Å². The van der Waals surface area contributed by atoms with Crippen LogP contribution in [0, 0.1) is 0 Å². The van der Waals surface area contributed by atoms with Crippen LogP contribution >= 0.6 is 11.6 Å². The van der Waals surface area contributed by atoms with Gasteiger partial charge in [-0.2, -0.15) is 0 Å². The third-order valence-corrected chi connectivity index (χ3v) is 3.28. The van der Waals surface area contributed by atoms with Gasteiger partial charge in [-0.1, -0.05) is 44.5 Å². The lowest BCUT2D eigenvalue weighted by Crippen LogP contribution is -2.28. The molecule has 0 saturated heterocycles. The minimum absolute atomic E-state index is 0.202. The normalized spacial score (nSPS) is 11.4. The predicted molar refractivity (Wildman–Crippen MR) is 85.0 cm³/mol. The van der Waals surface area contributed by atoms with Crippen LogP contribution in [0.3, 0.4) is 0 Å². The molecular formula is C15H19ClN4O. The number of aromatic nitrogens is 3. The number of rotatable bonds is 4. The van der Waals surface area contributed by atoms with E-state index >= 15 is 0 Å². The van der Waals surface area contributed by atoms with Gasteiger partial charge in [-0.25, -0.2) is 0 Å². The summed E-state index contributed by atoms with van der Waals surface area (Å²) in [5.74, 6) is 0.391. The molecule has 2 rings (SSSR count). The maximum absolute atomic E-state index is 11.9. The number of hydrogen-bond acceptors (Lipinski definition) is 4. The molecule has 1 aromatic heterocycles. The molecule has 0 aliphatic heterocycles. The fraction of sp³-hybridized carbons (Fsp3) is 0.400. The smallest absolute Gasteiger partial charge is 0.274 e. The molecule has 6 heteroatoms. The molecule has 0 spiro atoms. The van der Waals surface area contributed by atoms with E-state index in [1.54, 1.807) is 0 Å². The van der Waals surface area contributed by atoms with Crippen LogP contribution in [0.4, 0.5) is 5.95 Å². The molecule has 112 valence electrons. The van der Waals surface area contributed by atoms with Crippen molar-refractivity contribution in [1.29, 1.82) is 0 Å². The number of nitrogens with zero attached hydrogens (tertiary/aromatic N) is 2. The Labute approximate surface area is 128 Å². The first-order valence-corrected chi connectivity index (χ1v) is 7.20. The lowest BCUT2D eigenvalue weighted by atomic mass is 9.93. The van der Waals surface area contributed by atoms with Crippen LogP contribution < -0.4 is 10.9 Å². The lowest BCUT2D eigenvalue weighted by molar-refractivity contribution is 0.547. The Morgan fingerprint density at radius 2 is 1.86 bits per heavy atom. The number of anilines is 1. The van der Waals surface area contributed by atoms with Gasteiger partial charge >= 0.3 is 0 Å². The summed E-state index contributed by atoms with van der Waals surface area (Å²) >= 11 is 5.84. The second kappa shape index (κ2) is 6.26. The summed E-state index contributed by atoms with van der Waals surface area (Å²) in [7, 11) is 0. The fourth-order valence-electron chi connectivity index (χ4n) is 1.88. The molecule has 0 unspecified atom stereocenters. The summed E-state index contributed by atoms with van der Waals surface area (Å²) in [6, 6.07) is 7.66. The Morgan fingerprint density at radius 1 is 1.19 bits per heavy atom. The molecule has 0 radical (unpaired) electrons. The lowest BCUT2D eigenvalue weighted by Gasteiger charge is -2.15. The summed E-state index contributed by atoms with van der Waals surface area (Å²) in [5.41, 5.74) is 1.08. The molecule has 2 N–H and O–H groups in total. The van der Waals surface area contributed by atoms with Gasteiger partial charge < -0.3 is 5.32 Å². The third-order valence-electron chi connectivity index (χ3n) is 3.03. The zero-order valence-corrected chi connectivity index (χ0v) is 13.2. The predicted octanol–water partition coefficient (Wildman–Crippen LogP) is 2.77. The van der Waals surface area contributed by atoms with E-state index in [9.17, 15) is 4.79 Å². The van der Waals surface area contributed by atoms with Gasteiger partial charge in [0.25, 0.3) is 5.56 Å². The summed E-state index contributed by atoms with van der Waals surface area (Å²) in [6.45, 7) is 6.45. The number of hydrogen-bond donors (Lipinski definition) is 2. The molecule has 2 aromatic rings. The number of benzene rings is 1. The molecule has 1 heterocycles.